The molecule has 0 aromatic heterocycles. The highest BCUT2D eigenvalue weighted by atomic mass is 16.5. The molecule has 2 aliphatic heterocycles. The summed E-state index contributed by atoms with van der Waals surface area (Å²) in [5, 5.41) is 3.41. The van der Waals surface area contributed by atoms with Crippen LogP contribution in [0.2, 0.25) is 0 Å². The maximum absolute atomic E-state index is 5.87. The van der Waals surface area contributed by atoms with Crippen LogP contribution in [0, 0.1) is 0 Å². The minimum absolute atomic E-state index is 0.0897. The van der Waals surface area contributed by atoms with Gasteiger partial charge in [-0.1, -0.05) is 24.3 Å². The van der Waals surface area contributed by atoms with Gasteiger partial charge in [-0.05, 0) is 30.0 Å². The molecule has 3 nitrogen and oxygen atoms in total. The van der Waals surface area contributed by atoms with Crippen molar-refractivity contribution in [3.05, 3.63) is 35.4 Å². The monoisotopic (exact) mass is 232 g/mol. The Balaban J connectivity index is 1.79. The molecule has 2 fully saturated rings. The molecular formula is C14H20N2O. The number of rotatable bonds is 3. The molecule has 0 amide bonds. The molecule has 0 spiro atoms. The van der Waals surface area contributed by atoms with E-state index in [1.807, 2.05) is 0 Å². The second kappa shape index (κ2) is 4.41. The van der Waals surface area contributed by atoms with Crippen molar-refractivity contribution in [1.82, 2.24) is 5.32 Å². The average molecular weight is 232 g/mol. The Bertz CT molecular complexity index is 372. The third-order valence-electron chi connectivity index (χ3n) is 4.20. The van der Waals surface area contributed by atoms with E-state index in [-0.39, 0.29) is 5.41 Å². The first-order valence-corrected chi connectivity index (χ1v) is 6.43. The average Bonchev–Trinajstić information content (AvgIpc) is 2.83. The lowest BCUT2D eigenvalue weighted by Gasteiger charge is -2.41. The predicted molar refractivity (Wildman–Crippen MR) is 68.2 cm³/mol. The molecule has 3 N–H and O–H groups in total. The van der Waals surface area contributed by atoms with Crippen LogP contribution < -0.4 is 11.1 Å². The molecule has 2 heterocycles. The lowest BCUT2D eigenvalue weighted by atomic mass is 9.78. The van der Waals surface area contributed by atoms with Gasteiger partial charge in [0.25, 0.3) is 0 Å². The fourth-order valence-corrected chi connectivity index (χ4v) is 2.80. The van der Waals surface area contributed by atoms with Crippen molar-refractivity contribution in [2.24, 2.45) is 5.73 Å². The lowest BCUT2D eigenvalue weighted by Crippen LogP contribution is -2.52. The van der Waals surface area contributed by atoms with E-state index in [0.29, 0.717) is 12.5 Å². The number of hydrogen-bond donors (Lipinski definition) is 2. The molecule has 1 aromatic rings. The highest BCUT2D eigenvalue weighted by Crippen LogP contribution is 2.32. The number of ether oxygens (including phenoxy) is 1. The van der Waals surface area contributed by atoms with Crippen LogP contribution in [0.25, 0.3) is 0 Å². The molecule has 92 valence electrons. The summed E-state index contributed by atoms with van der Waals surface area (Å²) in [7, 11) is 0. The van der Waals surface area contributed by atoms with Gasteiger partial charge in [0.1, 0.15) is 0 Å². The number of benzene rings is 1. The van der Waals surface area contributed by atoms with Gasteiger partial charge in [0.15, 0.2) is 0 Å². The third-order valence-corrected chi connectivity index (χ3v) is 4.20. The summed E-state index contributed by atoms with van der Waals surface area (Å²) in [4.78, 5) is 0. The van der Waals surface area contributed by atoms with E-state index < -0.39 is 0 Å². The zero-order chi connectivity index (χ0) is 11.7. The van der Waals surface area contributed by atoms with Gasteiger partial charge < -0.3 is 15.8 Å². The molecule has 3 rings (SSSR count). The quantitative estimate of drug-likeness (QED) is 0.817. The van der Waals surface area contributed by atoms with Gasteiger partial charge in [-0.15, -0.1) is 0 Å². The molecule has 3 heteroatoms. The molecule has 0 radical (unpaired) electrons. The first-order valence-electron chi connectivity index (χ1n) is 6.43. The van der Waals surface area contributed by atoms with Gasteiger partial charge in [0, 0.05) is 13.1 Å². The first kappa shape index (κ1) is 11.2. The Morgan fingerprint density at radius 1 is 1.29 bits per heavy atom. The van der Waals surface area contributed by atoms with E-state index in [4.69, 9.17) is 10.5 Å². The van der Waals surface area contributed by atoms with Gasteiger partial charge in [-0.3, -0.25) is 0 Å². The van der Waals surface area contributed by atoms with E-state index in [9.17, 15) is 0 Å². The molecular weight excluding hydrogens is 212 g/mol. The van der Waals surface area contributed by atoms with Gasteiger partial charge >= 0.3 is 0 Å². The molecule has 1 aromatic carbocycles. The van der Waals surface area contributed by atoms with Crippen LogP contribution in [0.3, 0.4) is 0 Å². The predicted octanol–water partition coefficient (Wildman–Crippen LogP) is 0.990. The molecule has 17 heavy (non-hydrogen) atoms. The van der Waals surface area contributed by atoms with Crippen LogP contribution in [0.1, 0.15) is 23.5 Å². The van der Waals surface area contributed by atoms with Crippen molar-refractivity contribution in [1.29, 1.82) is 0 Å². The summed E-state index contributed by atoms with van der Waals surface area (Å²) in [5.74, 6) is 0.690. The first-order chi connectivity index (χ1) is 8.34. The van der Waals surface area contributed by atoms with Gasteiger partial charge in [-0.25, -0.2) is 0 Å². The fraction of sp³-hybridized carbons (Fsp3) is 0.571. The van der Waals surface area contributed by atoms with Crippen molar-refractivity contribution in [3.8, 4) is 0 Å². The minimum atomic E-state index is 0.0897. The van der Waals surface area contributed by atoms with Crippen LogP contribution in [0.15, 0.2) is 24.3 Å². The minimum Gasteiger partial charge on any atom is -0.379 e. The maximum atomic E-state index is 5.87. The van der Waals surface area contributed by atoms with Crippen LogP contribution in [0.4, 0.5) is 0 Å². The standard InChI is InChI=1S/C14H20N2O/c15-8-14(9-17-10-14)13-3-1-11(2-4-13)12-5-6-16-7-12/h1-4,12,16H,5-10,15H2. The summed E-state index contributed by atoms with van der Waals surface area (Å²) < 4.78 is 5.32. The highest BCUT2D eigenvalue weighted by Gasteiger charge is 2.38. The summed E-state index contributed by atoms with van der Waals surface area (Å²) >= 11 is 0. The van der Waals surface area contributed by atoms with Crippen LogP contribution >= 0.6 is 0 Å². The Hall–Kier alpha value is -0.900. The summed E-state index contributed by atoms with van der Waals surface area (Å²) in [5.41, 5.74) is 8.75. The van der Waals surface area contributed by atoms with E-state index in [1.54, 1.807) is 0 Å². The third kappa shape index (κ3) is 1.88. The molecule has 0 aliphatic carbocycles. The zero-order valence-corrected chi connectivity index (χ0v) is 10.1. The topological polar surface area (TPSA) is 47.3 Å². The molecule has 0 saturated carbocycles. The Morgan fingerprint density at radius 3 is 2.53 bits per heavy atom. The smallest absolute Gasteiger partial charge is 0.0597 e. The number of nitrogens with two attached hydrogens (primary N) is 1. The molecule has 2 aliphatic rings. The van der Waals surface area contributed by atoms with Crippen molar-refractivity contribution in [3.63, 3.8) is 0 Å². The lowest BCUT2D eigenvalue weighted by molar-refractivity contribution is -0.0550. The van der Waals surface area contributed by atoms with E-state index in [1.165, 1.54) is 17.5 Å². The number of nitrogens with one attached hydrogen (secondary N) is 1. The summed E-state index contributed by atoms with van der Waals surface area (Å²) in [6, 6.07) is 9.01. The van der Waals surface area contributed by atoms with Crippen molar-refractivity contribution in [2.45, 2.75) is 17.8 Å². The van der Waals surface area contributed by atoms with Gasteiger partial charge in [0.2, 0.25) is 0 Å². The van der Waals surface area contributed by atoms with Crippen LogP contribution in [-0.2, 0) is 10.2 Å². The Kier molecular flexibility index (Phi) is 2.90. The Labute approximate surface area is 102 Å². The van der Waals surface area contributed by atoms with E-state index >= 15 is 0 Å². The maximum Gasteiger partial charge on any atom is 0.0597 e. The van der Waals surface area contributed by atoms with Crippen molar-refractivity contribution in [2.75, 3.05) is 32.8 Å². The second-order valence-electron chi connectivity index (χ2n) is 5.29. The SMILES string of the molecule is NCC1(c2ccc(C3CCNC3)cc2)COC1. The summed E-state index contributed by atoms with van der Waals surface area (Å²) in [6.45, 7) is 4.48. The largest absolute Gasteiger partial charge is 0.379 e. The second-order valence-corrected chi connectivity index (χ2v) is 5.29. The molecule has 1 atom stereocenters. The van der Waals surface area contributed by atoms with Crippen molar-refractivity contribution < 1.29 is 4.74 Å². The molecule has 1 unspecified atom stereocenters. The van der Waals surface area contributed by atoms with Crippen LogP contribution in [-0.4, -0.2) is 32.8 Å². The molecule has 2 saturated heterocycles. The van der Waals surface area contributed by atoms with Gasteiger partial charge in [0.05, 0.1) is 18.6 Å². The summed E-state index contributed by atoms with van der Waals surface area (Å²) in [6.07, 6.45) is 1.25. The zero-order valence-electron chi connectivity index (χ0n) is 10.1. The molecule has 0 bridgehead atoms. The van der Waals surface area contributed by atoms with Crippen molar-refractivity contribution >= 4 is 0 Å². The normalized spacial score (nSPS) is 26.8. The van der Waals surface area contributed by atoms with Crippen LogP contribution in [0.5, 0.6) is 0 Å². The number of hydrogen-bond acceptors (Lipinski definition) is 3. The van der Waals surface area contributed by atoms with Gasteiger partial charge in [-0.2, -0.15) is 0 Å². The highest BCUT2D eigenvalue weighted by molar-refractivity contribution is 5.33. The van der Waals surface area contributed by atoms with E-state index in [2.05, 4.69) is 29.6 Å². The van der Waals surface area contributed by atoms with E-state index in [0.717, 1.165) is 26.3 Å². The Morgan fingerprint density at radius 2 is 2.06 bits per heavy atom. The fourth-order valence-electron chi connectivity index (χ4n) is 2.80.